The van der Waals surface area contributed by atoms with Crippen molar-refractivity contribution in [3.8, 4) is 23.0 Å². The average Bonchev–Trinajstić information content (AvgIpc) is 3.15. The van der Waals surface area contributed by atoms with Gasteiger partial charge >= 0.3 is 17.9 Å². The van der Waals surface area contributed by atoms with Gasteiger partial charge in [0.2, 0.25) is 0 Å². The molecule has 0 radical (unpaired) electrons. The Kier molecular flexibility index (Phi) is 17.9. The van der Waals surface area contributed by atoms with Crippen molar-refractivity contribution in [1.82, 2.24) is 0 Å². The summed E-state index contributed by atoms with van der Waals surface area (Å²) in [7, 11) is 5.84. The number of carbonyl (C=O) groups is 3. The minimum absolute atomic E-state index is 0.0495. The van der Waals surface area contributed by atoms with E-state index in [9.17, 15) is 14.4 Å². The van der Waals surface area contributed by atoms with E-state index in [1.807, 2.05) is 50.2 Å². The lowest BCUT2D eigenvalue weighted by molar-refractivity contribution is -0.147. The number of unbranched alkanes of at least 4 members (excludes halogenated alkanes) is 3. The van der Waals surface area contributed by atoms with Crippen molar-refractivity contribution >= 4 is 30.1 Å². The zero-order valence-electron chi connectivity index (χ0n) is 30.9. The minimum atomic E-state index is -0.436. The maximum atomic E-state index is 11.7. The van der Waals surface area contributed by atoms with Crippen LogP contribution in [0, 0.1) is 17.8 Å². The highest BCUT2D eigenvalue weighted by Gasteiger charge is 2.31. The largest absolute Gasteiger partial charge is 0.493 e. The molecule has 0 saturated heterocycles. The Labute approximate surface area is 302 Å². The van der Waals surface area contributed by atoms with Gasteiger partial charge in [-0.1, -0.05) is 32.4 Å². The average molecular weight is 711 g/mol. The maximum absolute atomic E-state index is 11.7. The van der Waals surface area contributed by atoms with Gasteiger partial charge in [0.15, 0.2) is 23.0 Å². The first-order valence-electron chi connectivity index (χ1n) is 17.6. The van der Waals surface area contributed by atoms with Crippen LogP contribution in [0.2, 0.25) is 0 Å². The number of ether oxygens (including phenoxy) is 8. The van der Waals surface area contributed by atoms with E-state index in [1.54, 1.807) is 26.4 Å². The van der Waals surface area contributed by atoms with Gasteiger partial charge in [0, 0.05) is 18.8 Å². The highest BCUT2D eigenvalue weighted by molar-refractivity contribution is 5.87. The summed E-state index contributed by atoms with van der Waals surface area (Å²) in [5.41, 5.74) is 1.57. The highest BCUT2D eigenvalue weighted by Crippen LogP contribution is 2.36. The van der Waals surface area contributed by atoms with Gasteiger partial charge in [-0.3, -0.25) is 4.79 Å². The third-order valence-electron chi connectivity index (χ3n) is 8.52. The summed E-state index contributed by atoms with van der Waals surface area (Å²) in [4.78, 5) is 34.7. The summed E-state index contributed by atoms with van der Waals surface area (Å²) in [6, 6.07) is 11.0. The molecule has 11 nitrogen and oxygen atoms in total. The number of carbonyl (C=O) groups excluding carboxylic acids is 3. The van der Waals surface area contributed by atoms with Gasteiger partial charge < -0.3 is 37.9 Å². The smallest absolute Gasteiger partial charge is 0.330 e. The number of benzene rings is 2. The van der Waals surface area contributed by atoms with Gasteiger partial charge in [-0.25, -0.2) is 9.59 Å². The predicted octanol–water partition coefficient (Wildman–Crippen LogP) is 7.10. The third-order valence-corrected chi connectivity index (χ3v) is 8.52. The quantitative estimate of drug-likeness (QED) is 0.0571. The van der Waals surface area contributed by atoms with Gasteiger partial charge in [0.1, 0.15) is 0 Å². The Bertz CT molecular complexity index is 1360. The lowest BCUT2D eigenvalue weighted by atomic mass is 9.80. The molecule has 11 heteroatoms. The molecule has 0 heterocycles. The van der Waals surface area contributed by atoms with E-state index in [4.69, 9.17) is 28.4 Å². The number of methoxy groups -OCH3 is 4. The number of esters is 3. The molecule has 1 aliphatic rings. The van der Waals surface area contributed by atoms with Crippen LogP contribution in [0.1, 0.15) is 69.9 Å². The molecule has 0 bridgehead atoms. The van der Waals surface area contributed by atoms with Gasteiger partial charge in [0.05, 0.1) is 60.3 Å². The van der Waals surface area contributed by atoms with Crippen LogP contribution >= 0.6 is 0 Å². The molecule has 0 spiro atoms. The molecule has 280 valence electrons. The fourth-order valence-electron chi connectivity index (χ4n) is 5.75. The molecule has 1 aliphatic carbocycles. The standard InChI is InChI=1S/C40H54O11/c1-28(2)40(43)49-20-10-8-7-9-19-48-33-22-31(26-50-34-15-11-29(24-36(34)44-3)13-17-38(41)46-5)21-32(23-33)27-51-35-16-12-30(25-37(35)45-4)14-18-39(42)47-6/h11-18,24-25,28,31-33H,7-10,19-23,26-27H2,1-6H3/b17-13+,18-14+/t31-,32?,33?/m0/s1. The second-order valence-corrected chi connectivity index (χ2v) is 12.8. The summed E-state index contributed by atoms with van der Waals surface area (Å²) < 4.78 is 44.8. The van der Waals surface area contributed by atoms with Crippen LogP contribution in [0.4, 0.5) is 0 Å². The summed E-state index contributed by atoms with van der Waals surface area (Å²) in [5.74, 6) is 1.67. The minimum Gasteiger partial charge on any atom is -0.493 e. The number of hydrogen-bond acceptors (Lipinski definition) is 11. The summed E-state index contributed by atoms with van der Waals surface area (Å²) in [6.07, 6.45) is 12.4. The monoisotopic (exact) mass is 710 g/mol. The Morgan fingerprint density at radius 3 is 1.61 bits per heavy atom. The van der Waals surface area contributed by atoms with Gasteiger partial charge in [-0.2, -0.15) is 0 Å². The highest BCUT2D eigenvalue weighted by atomic mass is 16.5. The van der Waals surface area contributed by atoms with Crippen molar-refractivity contribution in [1.29, 1.82) is 0 Å². The Morgan fingerprint density at radius 2 is 1.16 bits per heavy atom. The Balaban J connectivity index is 1.62. The van der Waals surface area contributed by atoms with E-state index in [0.717, 1.165) is 56.1 Å². The van der Waals surface area contributed by atoms with Crippen molar-refractivity contribution in [2.75, 3.05) is 54.9 Å². The molecule has 3 atom stereocenters. The molecule has 0 N–H and O–H groups in total. The number of rotatable bonds is 21. The van der Waals surface area contributed by atoms with Crippen LogP contribution in [-0.2, 0) is 33.3 Å². The Morgan fingerprint density at radius 1 is 0.667 bits per heavy atom. The molecular weight excluding hydrogens is 656 g/mol. The summed E-state index contributed by atoms with van der Waals surface area (Å²) in [5, 5.41) is 0. The molecular formula is C40H54O11. The molecule has 0 aromatic heterocycles. The molecule has 2 aromatic rings. The zero-order chi connectivity index (χ0) is 37.0. The fourth-order valence-corrected chi connectivity index (χ4v) is 5.75. The van der Waals surface area contributed by atoms with Crippen LogP contribution in [0.5, 0.6) is 23.0 Å². The summed E-state index contributed by atoms with van der Waals surface area (Å²) >= 11 is 0. The van der Waals surface area contributed by atoms with E-state index in [2.05, 4.69) is 9.47 Å². The number of hydrogen-bond donors (Lipinski definition) is 0. The first-order chi connectivity index (χ1) is 24.6. The molecule has 1 fully saturated rings. The SMILES string of the molecule is COC(=O)/C=C/c1ccc(OCC2CC(OCCCCCCOC(=O)C(C)C)C[C@@H](COc3ccc(/C=C/C(=O)OC)cc3OC)C2)c(OC)c1. The fraction of sp³-hybridized carbons (Fsp3) is 0.525. The lowest BCUT2D eigenvalue weighted by Crippen LogP contribution is -2.34. The first kappa shape index (κ1) is 40.9. The lowest BCUT2D eigenvalue weighted by Gasteiger charge is -2.35. The maximum Gasteiger partial charge on any atom is 0.330 e. The van der Waals surface area contributed by atoms with E-state index >= 15 is 0 Å². The molecule has 1 saturated carbocycles. The normalized spacial score (nSPS) is 17.4. The van der Waals surface area contributed by atoms with Gasteiger partial charge in [-0.15, -0.1) is 0 Å². The van der Waals surface area contributed by atoms with Crippen LogP contribution in [-0.4, -0.2) is 78.9 Å². The van der Waals surface area contributed by atoms with E-state index in [1.165, 1.54) is 26.4 Å². The molecule has 0 aliphatic heterocycles. The zero-order valence-corrected chi connectivity index (χ0v) is 30.9. The second kappa shape index (κ2) is 22.3. The van der Waals surface area contributed by atoms with Crippen LogP contribution < -0.4 is 18.9 Å². The molecule has 3 rings (SSSR count). The summed E-state index contributed by atoms with van der Waals surface area (Å²) in [6.45, 7) is 5.74. The van der Waals surface area contributed by atoms with Crippen molar-refractivity contribution in [2.45, 2.75) is 64.9 Å². The van der Waals surface area contributed by atoms with Crippen molar-refractivity contribution in [3.63, 3.8) is 0 Å². The third kappa shape index (κ3) is 14.7. The molecule has 51 heavy (non-hydrogen) atoms. The van der Waals surface area contributed by atoms with Crippen LogP contribution in [0.25, 0.3) is 12.2 Å². The molecule has 2 unspecified atom stereocenters. The van der Waals surface area contributed by atoms with Crippen molar-refractivity contribution < 1.29 is 52.3 Å². The van der Waals surface area contributed by atoms with Crippen LogP contribution in [0.15, 0.2) is 48.6 Å². The van der Waals surface area contributed by atoms with Crippen LogP contribution in [0.3, 0.4) is 0 Å². The molecule has 0 amide bonds. The van der Waals surface area contributed by atoms with Gasteiger partial charge in [-0.05, 0) is 97.9 Å². The van der Waals surface area contributed by atoms with Crippen molar-refractivity contribution in [3.05, 3.63) is 59.7 Å². The van der Waals surface area contributed by atoms with E-state index < -0.39 is 11.9 Å². The van der Waals surface area contributed by atoms with Crippen molar-refractivity contribution in [2.24, 2.45) is 17.8 Å². The van der Waals surface area contributed by atoms with E-state index in [-0.39, 0.29) is 29.8 Å². The topological polar surface area (TPSA) is 125 Å². The van der Waals surface area contributed by atoms with E-state index in [0.29, 0.717) is 49.4 Å². The Hall–Kier alpha value is -4.51. The first-order valence-corrected chi connectivity index (χ1v) is 17.6. The second-order valence-electron chi connectivity index (χ2n) is 12.8. The predicted molar refractivity (Wildman–Crippen MR) is 194 cm³/mol. The van der Waals surface area contributed by atoms with Gasteiger partial charge in [0.25, 0.3) is 0 Å². The molecule has 2 aromatic carbocycles.